The molecule has 0 amide bonds. The second-order valence-electron chi connectivity index (χ2n) is 6.44. The molecule has 0 aromatic rings. The molecule has 0 fully saturated rings. The van der Waals surface area contributed by atoms with Crippen LogP contribution < -0.4 is 0 Å². The maximum absolute atomic E-state index is 10.9. The van der Waals surface area contributed by atoms with E-state index in [1.54, 1.807) is 0 Å². The zero-order valence-corrected chi connectivity index (χ0v) is 13.5. The molecule has 2 unspecified atom stereocenters. The van der Waals surface area contributed by atoms with Crippen molar-refractivity contribution in [3.63, 3.8) is 0 Å². The standard InChI is InChI=1S/C13H28O4Si/c1-10(14)11(12(15)16)8-7-9-17-18(5,6)13(2,3)4/h10-11,14H,7-9H2,1-6H3,(H,15,16). The van der Waals surface area contributed by atoms with Crippen molar-refractivity contribution in [2.45, 2.75) is 64.8 Å². The van der Waals surface area contributed by atoms with Gasteiger partial charge in [-0.1, -0.05) is 20.8 Å². The van der Waals surface area contributed by atoms with Crippen molar-refractivity contribution in [2.24, 2.45) is 5.92 Å². The first-order valence-corrected chi connectivity index (χ1v) is 9.44. The van der Waals surface area contributed by atoms with Crippen molar-refractivity contribution in [1.82, 2.24) is 0 Å². The number of carboxylic acids is 1. The third-order valence-corrected chi connectivity index (χ3v) is 8.37. The molecule has 18 heavy (non-hydrogen) atoms. The number of hydrogen-bond donors (Lipinski definition) is 2. The van der Waals surface area contributed by atoms with E-state index in [1.807, 2.05) is 0 Å². The lowest BCUT2D eigenvalue weighted by Gasteiger charge is -2.36. The van der Waals surface area contributed by atoms with Gasteiger partial charge in [-0.05, 0) is 37.9 Å². The number of rotatable bonds is 7. The lowest BCUT2D eigenvalue weighted by Crippen LogP contribution is -2.41. The minimum Gasteiger partial charge on any atom is -0.481 e. The smallest absolute Gasteiger partial charge is 0.309 e. The third-order valence-electron chi connectivity index (χ3n) is 3.83. The third kappa shape index (κ3) is 5.50. The van der Waals surface area contributed by atoms with Crippen LogP contribution in [0, 0.1) is 5.92 Å². The van der Waals surface area contributed by atoms with E-state index in [9.17, 15) is 9.90 Å². The lowest BCUT2D eigenvalue weighted by atomic mass is 9.98. The summed E-state index contributed by atoms with van der Waals surface area (Å²) in [6.45, 7) is 13.0. The van der Waals surface area contributed by atoms with Gasteiger partial charge in [0.1, 0.15) is 0 Å². The highest BCUT2D eigenvalue weighted by Gasteiger charge is 2.37. The Morgan fingerprint density at radius 1 is 1.33 bits per heavy atom. The molecule has 0 aromatic heterocycles. The average Bonchev–Trinajstić information content (AvgIpc) is 2.13. The summed E-state index contributed by atoms with van der Waals surface area (Å²) in [6, 6.07) is 0. The van der Waals surface area contributed by atoms with E-state index in [0.29, 0.717) is 19.4 Å². The summed E-state index contributed by atoms with van der Waals surface area (Å²) < 4.78 is 5.97. The van der Waals surface area contributed by atoms with Crippen molar-refractivity contribution in [2.75, 3.05) is 6.61 Å². The van der Waals surface area contributed by atoms with Crippen LogP contribution in [0.4, 0.5) is 0 Å². The predicted molar refractivity (Wildman–Crippen MR) is 75.2 cm³/mol. The van der Waals surface area contributed by atoms with Gasteiger partial charge in [0.05, 0.1) is 12.0 Å². The SMILES string of the molecule is CC(O)C(CCCO[Si](C)(C)C(C)(C)C)C(=O)O. The van der Waals surface area contributed by atoms with Gasteiger partial charge in [-0.15, -0.1) is 0 Å². The molecular weight excluding hydrogens is 248 g/mol. The highest BCUT2D eigenvalue weighted by molar-refractivity contribution is 6.74. The largest absolute Gasteiger partial charge is 0.481 e. The van der Waals surface area contributed by atoms with Crippen LogP contribution in [-0.4, -0.2) is 37.2 Å². The molecule has 0 aliphatic rings. The molecule has 4 nitrogen and oxygen atoms in total. The van der Waals surface area contributed by atoms with Gasteiger partial charge >= 0.3 is 5.97 Å². The van der Waals surface area contributed by atoms with Gasteiger partial charge in [-0.25, -0.2) is 0 Å². The Balaban J connectivity index is 4.10. The first kappa shape index (κ1) is 17.6. The average molecular weight is 276 g/mol. The molecule has 0 saturated carbocycles. The van der Waals surface area contributed by atoms with Crippen molar-refractivity contribution >= 4 is 14.3 Å². The minimum absolute atomic E-state index is 0.170. The Labute approximate surface area is 111 Å². The Kier molecular flexibility index (Phi) is 6.53. The monoisotopic (exact) mass is 276 g/mol. The zero-order valence-electron chi connectivity index (χ0n) is 12.5. The van der Waals surface area contributed by atoms with Crippen LogP contribution in [0.25, 0.3) is 0 Å². The van der Waals surface area contributed by atoms with Gasteiger partial charge in [0.2, 0.25) is 0 Å². The summed E-state index contributed by atoms with van der Waals surface area (Å²) in [5.74, 6) is -1.62. The maximum Gasteiger partial charge on any atom is 0.309 e. The van der Waals surface area contributed by atoms with Gasteiger partial charge in [0.15, 0.2) is 8.32 Å². The van der Waals surface area contributed by atoms with E-state index in [1.165, 1.54) is 6.92 Å². The van der Waals surface area contributed by atoms with Crippen LogP contribution in [0.3, 0.4) is 0 Å². The van der Waals surface area contributed by atoms with Crippen molar-refractivity contribution < 1.29 is 19.4 Å². The summed E-state index contributed by atoms with van der Waals surface area (Å²) in [5, 5.41) is 18.5. The minimum atomic E-state index is -1.74. The fourth-order valence-electron chi connectivity index (χ4n) is 1.42. The summed E-state index contributed by atoms with van der Waals surface area (Å²) in [4.78, 5) is 10.9. The molecule has 0 aliphatic carbocycles. The first-order valence-electron chi connectivity index (χ1n) is 6.54. The molecule has 0 aliphatic heterocycles. The lowest BCUT2D eigenvalue weighted by molar-refractivity contribution is -0.145. The molecule has 0 rings (SSSR count). The molecule has 0 heterocycles. The molecule has 5 heteroatoms. The van der Waals surface area contributed by atoms with Crippen molar-refractivity contribution in [3.8, 4) is 0 Å². The van der Waals surface area contributed by atoms with Gasteiger partial charge in [-0.3, -0.25) is 4.79 Å². The number of hydrogen-bond acceptors (Lipinski definition) is 3. The molecule has 2 atom stereocenters. The summed E-state index contributed by atoms with van der Waals surface area (Å²) in [7, 11) is -1.74. The Bertz CT molecular complexity index is 269. The second-order valence-corrected chi connectivity index (χ2v) is 11.2. The van der Waals surface area contributed by atoms with E-state index >= 15 is 0 Å². The predicted octanol–water partition coefficient (Wildman–Crippen LogP) is 2.87. The molecule has 0 bridgehead atoms. The second kappa shape index (κ2) is 6.68. The Morgan fingerprint density at radius 3 is 2.17 bits per heavy atom. The number of aliphatic hydroxyl groups excluding tert-OH is 1. The molecule has 108 valence electrons. The maximum atomic E-state index is 10.9. The zero-order chi connectivity index (χ0) is 14.6. The van der Waals surface area contributed by atoms with E-state index < -0.39 is 26.3 Å². The number of carbonyl (C=O) groups is 1. The van der Waals surface area contributed by atoms with Crippen molar-refractivity contribution in [3.05, 3.63) is 0 Å². The van der Waals surface area contributed by atoms with Crippen molar-refractivity contribution in [1.29, 1.82) is 0 Å². The quantitative estimate of drug-likeness (QED) is 0.554. The van der Waals surface area contributed by atoms with E-state index in [0.717, 1.165) is 0 Å². The van der Waals surface area contributed by atoms with Crippen LogP contribution in [0.1, 0.15) is 40.5 Å². The van der Waals surface area contributed by atoms with Crippen LogP contribution in [-0.2, 0) is 9.22 Å². The molecule has 0 aromatic carbocycles. The van der Waals surface area contributed by atoms with Crippen LogP contribution in [0.5, 0.6) is 0 Å². The fourth-order valence-corrected chi connectivity index (χ4v) is 2.51. The molecular formula is C13H28O4Si. The number of carboxylic acid groups (broad SMARTS) is 1. The molecule has 0 spiro atoms. The molecule has 0 radical (unpaired) electrons. The topological polar surface area (TPSA) is 66.8 Å². The summed E-state index contributed by atoms with van der Waals surface area (Å²) in [6.07, 6.45) is 0.325. The van der Waals surface area contributed by atoms with E-state index in [-0.39, 0.29) is 5.04 Å². The Hall–Kier alpha value is -0.393. The van der Waals surface area contributed by atoms with Gasteiger partial charge in [0, 0.05) is 6.61 Å². The first-order chi connectivity index (χ1) is 7.99. The van der Waals surface area contributed by atoms with Gasteiger partial charge in [0.25, 0.3) is 0 Å². The fraction of sp³-hybridized carbons (Fsp3) is 0.923. The number of aliphatic carboxylic acids is 1. The van der Waals surface area contributed by atoms with Crippen LogP contribution >= 0.6 is 0 Å². The van der Waals surface area contributed by atoms with Crippen LogP contribution in [0.15, 0.2) is 0 Å². The van der Waals surface area contributed by atoms with E-state index in [2.05, 4.69) is 33.9 Å². The molecule has 2 N–H and O–H groups in total. The number of aliphatic hydroxyl groups is 1. The summed E-state index contributed by atoms with van der Waals surface area (Å²) >= 11 is 0. The normalized spacial score (nSPS) is 16.4. The van der Waals surface area contributed by atoms with Crippen LogP contribution in [0.2, 0.25) is 18.1 Å². The Morgan fingerprint density at radius 2 is 1.83 bits per heavy atom. The highest BCUT2D eigenvalue weighted by Crippen LogP contribution is 2.36. The highest BCUT2D eigenvalue weighted by atomic mass is 28.4. The molecule has 0 saturated heterocycles. The van der Waals surface area contributed by atoms with Gasteiger partial charge in [-0.2, -0.15) is 0 Å². The summed E-state index contributed by atoms with van der Waals surface area (Å²) in [5.41, 5.74) is 0. The van der Waals surface area contributed by atoms with Gasteiger partial charge < -0.3 is 14.6 Å². The van der Waals surface area contributed by atoms with E-state index in [4.69, 9.17) is 9.53 Å².